The summed E-state index contributed by atoms with van der Waals surface area (Å²) in [4.78, 5) is 4.41. The van der Waals surface area contributed by atoms with Crippen LogP contribution >= 0.6 is 0 Å². The largest absolute Gasteiger partial charge is 0.416 e. The maximum absolute atomic E-state index is 12.6. The quantitative estimate of drug-likeness (QED) is 0.879. The van der Waals surface area contributed by atoms with E-state index in [2.05, 4.69) is 4.99 Å². The van der Waals surface area contributed by atoms with Crippen molar-refractivity contribution in [2.75, 3.05) is 0 Å². The first-order valence-corrected chi connectivity index (χ1v) is 6.67. The molecule has 3 nitrogen and oxygen atoms in total. The Morgan fingerprint density at radius 1 is 1.05 bits per heavy atom. The summed E-state index contributed by atoms with van der Waals surface area (Å²) in [5.41, 5.74) is 0.373. The second-order valence-electron chi connectivity index (χ2n) is 5.07. The van der Waals surface area contributed by atoms with Crippen LogP contribution in [0.5, 0.6) is 0 Å². The van der Waals surface area contributed by atoms with Gasteiger partial charge >= 0.3 is 6.18 Å². The lowest BCUT2D eigenvalue weighted by molar-refractivity contribution is -0.137. The van der Waals surface area contributed by atoms with Gasteiger partial charge in [0.1, 0.15) is 0 Å². The second-order valence-corrected chi connectivity index (χ2v) is 5.07. The first-order chi connectivity index (χ1) is 10.4. The van der Waals surface area contributed by atoms with E-state index in [-0.39, 0.29) is 0 Å². The predicted octanol–water partition coefficient (Wildman–Crippen LogP) is 2.86. The molecule has 1 atom stereocenters. The van der Waals surface area contributed by atoms with E-state index in [1.807, 2.05) is 24.3 Å². The number of fused-ring (bicyclic) bond motifs is 1. The zero-order valence-corrected chi connectivity index (χ0v) is 11.7. The molecule has 0 spiro atoms. The van der Waals surface area contributed by atoms with Gasteiger partial charge in [0.2, 0.25) is 0 Å². The Balaban J connectivity index is 2.05. The van der Waals surface area contributed by atoms with Crippen molar-refractivity contribution in [1.29, 1.82) is 0 Å². The van der Waals surface area contributed by atoms with Gasteiger partial charge < -0.3 is 0 Å². The van der Waals surface area contributed by atoms with Crippen molar-refractivity contribution in [2.45, 2.75) is 19.3 Å². The fourth-order valence-electron chi connectivity index (χ4n) is 2.45. The molecule has 0 amide bonds. The molecule has 2 aromatic rings. The minimum Gasteiger partial charge on any atom is -0.286 e. The third kappa shape index (κ3) is 2.46. The van der Waals surface area contributed by atoms with Gasteiger partial charge in [-0.05, 0) is 30.7 Å². The monoisotopic (exact) mass is 306 g/mol. The van der Waals surface area contributed by atoms with Crippen molar-refractivity contribution < 1.29 is 18.4 Å². The van der Waals surface area contributed by atoms with Crippen LogP contribution in [-0.4, -0.2) is 10.3 Å². The second kappa shape index (κ2) is 5.14. The van der Waals surface area contributed by atoms with Crippen molar-refractivity contribution in [3.8, 4) is 0 Å². The summed E-state index contributed by atoms with van der Waals surface area (Å²) in [7, 11) is 0. The van der Waals surface area contributed by atoms with Crippen LogP contribution < -0.4 is 10.6 Å². The van der Waals surface area contributed by atoms with Gasteiger partial charge in [0.05, 0.1) is 16.6 Å². The van der Waals surface area contributed by atoms with Crippen LogP contribution in [-0.2, 0) is 6.18 Å². The fourth-order valence-corrected chi connectivity index (χ4v) is 2.45. The lowest BCUT2D eigenvalue weighted by atomic mass is 10.1. The summed E-state index contributed by atoms with van der Waals surface area (Å²) in [6.45, 7) is 1.74. The molecule has 0 bridgehead atoms. The number of hydroxylamine groups is 2. The van der Waals surface area contributed by atoms with Crippen LogP contribution in [0, 0.1) is 0 Å². The van der Waals surface area contributed by atoms with E-state index in [9.17, 15) is 18.4 Å². The summed E-state index contributed by atoms with van der Waals surface area (Å²) in [6, 6.07) is 12.0. The average molecular weight is 306 g/mol. The highest BCUT2D eigenvalue weighted by Crippen LogP contribution is 2.31. The highest BCUT2D eigenvalue weighted by atomic mass is 19.4. The van der Waals surface area contributed by atoms with E-state index in [1.165, 1.54) is 12.1 Å². The fraction of sp³-hybridized carbons (Fsp3) is 0.188. The Morgan fingerprint density at radius 2 is 1.68 bits per heavy atom. The molecule has 1 aliphatic rings. The van der Waals surface area contributed by atoms with E-state index in [0.717, 1.165) is 22.4 Å². The van der Waals surface area contributed by atoms with Crippen LogP contribution in [0.15, 0.2) is 53.5 Å². The SMILES string of the molecule is CC1=c2ccccc2=NC(c2ccc(C(F)(F)F)cc2)N1O. The highest BCUT2D eigenvalue weighted by Gasteiger charge is 2.31. The van der Waals surface area contributed by atoms with Gasteiger partial charge in [-0.2, -0.15) is 13.2 Å². The minimum atomic E-state index is -4.38. The molecular formula is C16H13F3N2O. The first-order valence-electron chi connectivity index (χ1n) is 6.67. The third-order valence-electron chi connectivity index (χ3n) is 3.67. The number of alkyl halides is 3. The van der Waals surface area contributed by atoms with Crippen molar-refractivity contribution >= 4 is 5.70 Å². The Kier molecular flexibility index (Phi) is 3.41. The minimum absolute atomic E-state index is 0.490. The zero-order valence-electron chi connectivity index (χ0n) is 11.7. The van der Waals surface area contributed by atoms with Crippen molar-refractivity contribution in [3.63, 3.8) is 0 Å². The molecule has 1 aliphatic heterocycles. The Morgan fingerprint density at radius 3 is 2.32 bits per heavy atom. The molecule has 1 N–H and O–H groups in total. The Bertz CT molecular complexity index is 813. The smallest absolute Gasteiger partial charge is 0.286 e. The molecular weight excluding hydrogens is 293 g/mol. The lowest BCUT2D eigenvalue weighted by Gasteiger charge is -2.28. The highest BCUT2D eigenvalue weighted by molar-refractivity contribution is 5.42. The molecule has 0 fully saturated rings. The number of hydrogen-bond acceptors (Lipinski definition) is 3. The normalized spacial score (nSPS) is 18.0. The summed E-state index contributed by atoms with van der Waals surface area (Å²) >= 11 is 0. The average Bonchev–Trinajstić information content (AvgIpc) is 2.50. The molecule has 0 aliphatic carbocycles. The van der Waals surface area contributed by atoms with Crippen LogP contribution in [0.3, 0.4) is 0 Å². The van der Waals surface area contributed by atoms with E-state index in [4.69, 9.17) is 0 Å². The first kappa shape index (κ1) is 14.6. The number of nitrogens with zero attached hydrogens (tertiary/aromatic N) is 2. The molecule has 22 heavy (non-hydrogen) atoms. The predicted molar refractivity (Wildman–Crippen MR) is 74.1 cm³/mol. The van der Waals surface area contributed by atoms with E-state index >= 15 is 0 Å². The van der Waals surface area contributed by atoms with Crippen LogP contribution in [0.2, 0.25) is 0 Å². The standard InChI is InChI=1S/C16H13F3N2O/c1-10-13-4-2-3-5-14(13)20-15(21(10)22)11-6-8-12(9-7-11)16(17,18)19/h2-9,15,22H,1H3. The molecule has 0 radical (unpaired) electrons. The molecule has 1 unspecified atom stereocenters. The molecule has 0 saturated carbocycles. The summed E-state index contributed by atoms with van der Waals surface area (Å²) in [5, 5.41) is 12.7. The molecule has 114 valence electrons. The molecule has 1 heterocycles. The molecule has 6 heteroatoms. The maximum atomic E-state index is 12.6. The summed E-state index contributed by atoms with van der Waals surface area (Å²) < 4.78 is 37.8. The van der Waals surface area contributed by atoms with Crippen molar-refractivity contribution in [3.05, 3.63) is 70.2 Å². The molecule has 0 saturated heterocycles. The molecule has 0 aromatic heterocycles. The summed E-state index contributed by atoms with van der Waals surface area (Å²) in [6.07, 6.45) is -5.13. The van der Waals surface area contributed by atoms with E-state index in [1.54, 1.807) is 6.92 Å². The topological polar surface area (TPSA) is 35.8 Å². The molecule has 3 rings (SSSR count). The zero-order chi connectivity index (χ0) is 15.9. The number of benzene rings is 2. The van der Waals surface area contributed by atoms with Gasteiger partial charge in [-0.15, -0.1) is 0 Å². The van der Waals surface area contributed by atoms with Gasteiger partial charge in [0, 0.05) is 5.22 Å². The van der Waals surface area contributed by atoms with Crippen LogP contribution in [0.25, 0.3) is 5.70 Å². The Hall–Kier alpha value is -2.34. The van der Waals surface area contributed by atoms with Gasteiger partial charge in [-0.3, -0.25) is 10.2 Å². The van der Waals surface area contributed by atoms with Crippen molar-refractivity contribution in [2.24, 2.45) is 4.99 Å². The number of halogens is 3. The number of para-hydroxylation sites is 1. The van der Waals surface area contributed by atoms with Gasteiger partial charge in [0.15, 0.2) is 6.17 Å². The maximum Gasteiger partial charge on any atom is 0.416 e. The summed E-state index contributed by atoms with van der Waals surface area (Å²) in [5.74, 6) is 0. The van der Waals surface area contributed by atoms with Gasteiger partial charge in [-0.25, -0.2) is 5.06 Å². The Labute approximate surface area is 124 Å². The van der Waals surface area contributed by atoms with Gasteiger partial charge in [-0.1, -0.05) is 30.3 Å². The van der Waals surface area contributed by atoms with Crippen LogP contribution in [0.4, 0.5) is 13.2 Å². The number of hydrogen-bond donors (Lipinski definition) is 1. The van der Waals surface area contributed by atoms with Crippen molar-refractivity contribution in [1.82, 2.24) is 5.06 Å². The number of rotatable bonds is 1. The van der Waals surface area contributed by atoms with E-state index < -0.39 is 17.9 Å². The third-order valence-corrected chi connectivity index (χ3v) is 3.67. The molecule has 2 aromatic carbocycles. The lowest BCUT2D eigenvalue weighted by Crippen LogP contribution is -2.39. The van der Waals surface area contributed by atoms with E-state index in [0.29, 0.717) is 16.6 Å². The van der Waals surface area contributed by atoms with Crippen LogP contribution in [0.1, 0.15) is 24.2 Å². The van der Waals surface area contributed by atoms with Gasteiger partial charge in [0.25, 0.3) is 0 Å².